The van der Waals surface area contributed by atoms with Crippen LogP contribution < -0.4 is 5.09 Å². The van der Waals surface area contributed by atoms with E-state index in [1.807, 2.05) is 0 Å². The van der Waals surface area contributed by atoms with Gasteiger partial charge >= 0.3 is 0 Å². The van der Waals surface area contributed by atoms with E-state index < -0.39 is 0 Å². The van der Waals surface area contributed by atoms with Gasteiger partial charge in [-0.2, -0.15) is 0 Å². The summed E-state index contributed by atoms with van der Waals surface area (Å²) in [4.78, 5) is 0. The molecule has 0 bridgehead atoms. The predicted octanol–water partition coefficient (Wildman–Crippen LogP) is 0.790. The third-order valence-electron chi connectivity index (χ3n) is 0.772. The Labute approximate surface area is 44.3 Å². The average Bonchev–Trinajstić information content (AvgIpc) is 1.86. The maximum atomic E-state index is 5.66. The number of alkyl halides is 1. The molecule has 0 saturated carbocycles. The maximum Gasteiger partial charge on any atom is 0.0512 e. The molecule has 1 N–H and O–H groups in total. The molecule has 1 saturated heterocycles. The molecule has 1 aliphatic heterocycles. The quantitative estimate of drug-likeness (QED) is 0.371. The van der Waals surface area contributed by atoms with Gasteiger partial charge < -0.3 is 0 Å². The van der Waals surface area contributed by atoms with Crippen LogP contribution in [0.25, 0.3) is 0 Å². The molecule has 36 valence electrons. The van der Waals surface area contributed by atoms with E-state index in [4.69, 9.17) is 11.6 Å². The number of hydrogen-bond acceptors (Lipinski definition) is 1. The van der Waals surface area contributed by atoms with E-state index in [1.165, 1.54) is 6.16 Å². The molecule has 0 radical (unpaired) electrons. The molecule has 0 aromatic rings. The molecule has 1 nitrogen and oxygen atoms in total. The first-order valence-electron chi connectivity index (χ1n) is 1.99. The molecule has 3 heteroatoms. The Morgan fingerprint density at radius 2 is 2.67 bits per heavy atom. The van der Waals surface area contributed by atoms with Crippen molar-refractivity contribution in [1.29, 1.82) is 0 Å². The van der Waals surface area contributed by atoms with Gasteiger partial charge in [-0.3, -0.25) is 5.09 Å². The zero-order chi connectivity index (χ0) is 4.41. The molecular formula is C3H7ClNP. The van der Waals surface area contributed by atoms with E-state index in [2.05, 4.69) is 5.09 Å². The smallest absolute Gasteiger partial charge is 0.0512 e. The summed E-state index contributed by atoms with van der Waals surface area (Å²) < 4.78 is 0. The lowest BCUT2D eigenvalue weighted by Gasteiger charge is -1.86. The zero-order valence-electron chi connectivity index (χ0n) is 3.37. The molecule has 1 fully saturated rings. The lowest BCUT2D eigenvalue weighted by atomic mass is 10.5. The molecule has 1 rings (SSSR count). The third-order valence-corrected chi connectivity index (χ3v) is 2.49. The van der Waals surface area contributed by atoms with Gasteiger partial charge in [0.15, 0.2) is 0 Å². The zero-order valence-corrected chi connectivity index (χ0v) is 5.13. The molecule has 0 aliphatic carbocycles. The van der Waals surface area contributed by atoms with Crippen LogP contribution in [0.5, 0.6) is 0 Å². The molecule has 0 spiro atoms. The highest BCUT2D eigenvalue weighted by molar-refractivity contribution is 7.36. The van der Waals surface area contributed by atoms with Gasteiger partial charge in [0.1, 0.15) is 0 Å². The summed E-state index contributed by atoms with van der Waals surface area (Å²) >= 11 is 5.66. The summed E-state index contributed by atoms with van der Waals surface area (Å²) in [7, 11) is 0.907. The normalized spacial score (nSPS) is 38.5. The van der Waals surface area contributed by atoms with Crippen LogP contribution in [-0.4, -0.2) is 18.1 Å². The van der Waals surface area contributed by atoms with Crippen LogP contribution in [-0.2, 0) is 0 Å². The Hall–Kier alpha value is 0.680. The van der Waals surface area contributed by atoms with Crippen LogP contribution in [0.1, 0.15) is 0 Å². The van der Waals surface area contributed by atoms with Crippen molar-refractivity contribution >= 4 is 20.3 Å². The number of halogens is 1. The minimum atomic E-state index is 0.420. The molecule has 0 aromatic heterocycles. The van der Waals surface area contributed by atoms with E-state index in [-0.39, 0.29) is 0 Å². The van der Waals surface area contributed by atoms with Gasteiger partial charge in [0.2, 0.25) is 0 Å². The number of rotatable bonds is 0. The first-order chi connectivity index (χ1) is 2.89. The van der Waals surface area contributed by atoms with Crippen LogP contribution >= 0.6 is 20.3 Å². The van der Waals surface area contributed by atoms with E-state index in [0.717, 1.165) is 15.3 Å². The van der Waals surface area contributed by atoms with Crippen LogP contribution in [0, 0.1) is 0 Å². The molecule has 6 heavy (non-hydrogen) atoms. The van der Waals surface area contributed by atoms with Crippen molar-refractivity contribution in [3.63, 3.8) is 0 Å². The number of hydrogen-bond donors (Lipinski definition) is 1. The largest absolute Gasteiger partial charge is 0.297 e. The molecule has 1 aliphatic rings. The Morgan fingerprint density at radius 1 is 1.83 bits per heavy atom. The summed E-state index contributed by atoms with van der Waals surface area (Å²) in [6, 6.07) is 0. The lowest BCUT2D eigenvalue weighted by Crippen LogP contribution is -2.05. The molecule has 0 amide bonds. The SMILES string of the molecule is ClC1CNPC1. The van der Waals surface area contributed by atoms with Crippen molar-refractivity contribution in [2.75, 3.05) is 12.7 Å². The van der Waals surface area contributed by atoms with Gasteiger partial charge in [-0.05, 0) is 6.16 Å². The summed E-state index contributed by atoms with van der Waals surface area (Å²) in [6.45, 7) is 1.01. The summed E-state index contributed by atoms with van der Waals surface area (Å²) in [5, 5.41) is 3.59. The van der Waals surface area contributed by atoms with Crippen LogP contribution in [0.3, 0.4) is 0 Å². The molecule has 2 atom stereocenters. The van der Waals surface area contributed by atoms with E-state index in [0.29, 0.717) is 5.38 Å². The van der Waals surface area contributed by atoms with Gasteiger partial charge in [-0.1, -0.05) is 8.73 Å². The van der Waals surface area contributed by atoms with Crippen molar-refractivity contribution in [3.05, 3.63) is 0 Å². The highest BCUT2D eigenvalue weighted by atomic mass is 35.5. The van der Waals surface area contributed by atoms with Crippen molar-refractivity contribution < 1.29 is 0 Å². The Morgan fingerprint density at radius 3 is 2.83 bits per heavy atom. The topological polar surface area (TPSA) is 12.0 Å². The fourth-order valence-electron chi connectivity index (χ4n) is 0.438. The van der Waals surface area contributed by atoms with Crippen LogP contribution in [0.4, 0.5) is 0 Å². The van der Waals surface area contributed by atoms with E-state index in [1.54, 1.807) is 0 Å². The molecular weight excluding hydrogens is 116 g/mol. The Balaban J connectivity index is 2.18. The first kappa shape index (κ1) is 4.83. The maximum absolute atomic E-state index is 5.66. The summed E-state index contributed by atoms with van der Waals surface area (Å²) in [5.41, 5.74) is 0. The van der Waals surface area contributed by atoms with Crippen LogP contribution in [0.2, 0.25) is 0 Å². The number of nitrogens with one attached hydrogen (secondary N) is 1. The molecule has 1 heterocycles. The second kappa shape index (κ2) is 2.11. The summed E-state index contributed by atoms with van der Waals surface area (Å²) in [6.07, 6.45) is 1.17. The monoisotopic (exact) mass is 123 g/mol. The van der Waals surface area contributed by atoms with Crippen LogP contribution in [0.15, 0.2) is 0 Å². The van der Waals surface area contributed by atoms with Gasteiger partial charge in [0, 0.05) is 6.54 Å². The van der Waals surface area contributed by atoms with Gasteiger partial charge in [0.25, 0.3) is 0 Å². The van der Waals surface area contributed by atoms with Gasteiger partial charge in [-0.15, -0.1) is 11.6 Å². The first-order valence-corrected chi connectivity index (χ1v) is 3.64. The second-order valence-corrected chi connectivity index (χ2v) is 3.09. The fraction of sp³-hybridized carbons (Fsp3) is 1.00. The van der Waals surface area contributed by atoms with Gasteiger partial charge in [0.05, 0.1) is 5.38 Å². The highest BCUT2D eigenvalue weighted by Crippen LogP contribution is 2.16. The fourth-order valence-corrected chi connectivity index (χ4v) is 1.78. The van der Waals surface area contributed by atoms with Crippen molar-refractivity contribution in [2.45, 2.75) is 5.38 Å². The standard InChI is InChI=1S/C3H7ClNP/c4-3-1-5-6-2-3/h3,5-6H,1-2H2. The van der Waals surface area contributed by atoms with E-state index in [9.17, 15) is 0 Å². The third kappa shape index (κ3) is 1.07. The lowest BCUT2D eigenvalue weighted by molar-refractivity contribution is 0.947. The molecule has 2 unspecified atom stereocenters. The summed E-state index contributed by atoms with van der Waals surface area (Å²) in [5.74, 6) is 0. The van der Waals surface area contributed by atoms with Crippen molar-refractivity contribution in [1.82, 2.24) is 5.09 Å². The highest BCUT2D eigenvalue weighted by Gasteiger charge is 2.08. The van der Waals surface area contributed by atoms with Crippen molar-refractivity contribution in [2.24, 2.45) is 0 Å². The second-order valence-electron chi connectivity index (χ2n) is 1.36. The van der Waals surface area contributed by atoms with Crippen molar-refractivity contribution in [3.8, 4) is 0 Å². The average molecular weight is 124 g/mol. The van der Waals surface area contributed by atoms with E-state index >= 15 is 0 Å². The minimum absolute atomic E-state index is 0.420. The predicted molar refractivity (Wildman–Crippen MR) is 30.8 cm³/mol. The minimum Gasteiger partial charge on any atom is -0.297 e. The molecule has 0 aromatic carbocycles. The Kier molecular flexibility index (Phi) is 1.70. The Bertz CT molecular complexity index is 44.1. The van der Waals surface area contributed by atoms with Gasteiger partial charge in [-0.25, -0.2) is 0 Å².